The van der Waals surface area contributed by atoms with Crippen LogP contribution < -0.4 is 0 Å². The smallest absolute Gasteiger partial charge is 0.0215 e. The lowest BCUT2D eigenvalue weighted by Gasteiger charge is -2.17. The van der Waals surface area contributed by atoms with Crippen molar-refractivity contribution >= 4 is 57.8 Å². The molecular weight excluding hydrogens is 478 g/mol. The Kier molecular flexibility index (Phi) is 4.88. The highest BCUT2D eigenvalue weighted by Crippen LogP contribution is 2.38. The summed E-state index contributed by atoms with van der Waals surface area (Å²) in [6, 6.07) is 6.72. The first kappa shape index (κ1) is 15.6. The van der Waals surface area contributed by atoms with Crippen LogP contribution in [0.5, 0.6) is 0 Å². The fourth-order valence-corrected chi connectivity index (χ4v) is 4.97. The SMILES string of the molecule is Cc1cc(C)c(-c2c(I)cc(C)c(S)c2C)c(I)c1. The minimum Gasteiger partial charge on any atom is -0.143 e. The minimum atomic E-state index is 1.10. The van der Waals surface area contributed by atoms with Gasteiger partial charge in [0.25, 0.3) is 0 Å². The van der Waals surface area contributed by atoms with E-state index in [1.165, 1.54) is 40.5 Å². The van der Waals surface area contributed by atoms with E-state index in [9.17, 15) is 0 Å². The summed E-state index contributed by atoms with van der Waals surface area (Å²) in [5.74, 6) is 0. The topological polar surface area (TPSA) is 0 Å². The molecule has 0 nitrogen and oxygen atoms in total. The number of rotatable bonds is 1. The van der Waals surface area contributed by atoms with Crippen LogP contribution in [-0.4, -0.2) is 0 Å². The molecule has 0 atom stereocenters. The molecule has 0 amide bonds. The summed E-state index contributed by atoms with van der Waals surface area (Å²) in [6.45, 7) is 8.63. The summed E-state index contributed by atoms with van der Waals surface area (Å²) >= 11 is 9.54. The summed E-state index contributed by atoms with van der Waals surface area (Å²) in [4.78, 5) is 1.10. The number of thiol groups is 1. The highest BCUT2D eigenvalue weighted by atomic mass is 127. The van der Waals surface area contributed by atoms with E-state index in [1.807, 2.05) is 0 Å². The molecule has 3 heteroatoms. The van der Waals surface area contributed by atoms with Crippen LogP contribution in [0.25, 0.3) is 11.1 Å². The Morgan fingerprint density at radius 2 is 1.37 bits per heavy atom. The molecule has 0 aliphatic heterocycles. The Labute approximate surface area is 148 Å². The van der Waals surface area contributed by atoms with Gasteiger partial charge in [-0.15, -0.1) is 12.6 Å². The van der Waals surface area contributed by atoms with Crippen LogP contribution in [0, 0.1) is 34.8 Å². The molecule has 2 aromatic rings. The normalized spacial score (nSPS) is 10.9. The van der Waals surface area contributed by atoms with E-state index in [1.54, 1.807) is 0 Å². The Morgan fingerprint density at radius 3 is 1.95 bits per heavy atom. The molecule has 2 rings (SSSR count). The molecule has 100 valence electrons. The zero-order chi connectivity index (χ0) is 14.3. The predicted octanol–water partition coefficient (Wildman–Crippen LogP) is 6.09. The van der Waals surface area contributed by atoms with Gasteiger partial charge in [-0.2, -0.15) is 0 Å². The van der Waals surface area contributed by atoms with E-state index in [0.717, 1.165) is 4.90 Å². The number of hydrogen-bond acceptors (Lipinski definition) is 1. The van der Waals surface area contributed by atoms with Gasteiger partial charge in [0.15, 0.2) is 0 Å². The second-order valence-corrected chi connectivity index (χ2v) is 7.73. The second-order valence-electron chi connectivity index (χ2n) is 4.96. The van der Waals surface area contributed by atoms with Crippen molar-refractivity contribution in [2.45, 2.75) is 32.6 Å². The summed E-state index contributed by atoms with van der Waals surface area (Å²) in [6.07, 6.45) is 0. The lowest BCUT2D eigenvalue weighted by atomic mass is 9.94. The van der Waals surface area contributed by atoms with Crippen molar-refractivity contribution in [3.63, 3.8) is 0 Å². The maximum atomic E-state index is 4.66. The zero-order valence-electron chi connectivity index (χ0n) is 11.4. The van der Waals surface area contributed by atoms with Crippen molar-refractivity contribution in [2.24, 2.45) is 0 Å². The average Bonchev–Trinajstić information content (AvgIpc) is 2.29. The third kappa shape index (κ3) is 2.97. The van der Waals surface area contributed by atoms with Crippen LogP contribution in [0.2, 0.25) is 0 Å². The molecule has 2 aromatic carbocycles. The fourth-order valence-electron chi connectivity index (χ4n) is 2.46. The molecule has 0 spiro atoms. The maximum absolute atomic E-state index is 4.66. The Bertz CT molecular complexity index is 637. The van der Waals surface area contributed by atoms with E-state index >= 15 is 0 Å². The van der Waals surface area contributed by atoms with E-state index < -0.39 is 0 Å². The number of halogens is 2. The molecule has 0 aromatic heterocycles. The monoisotopic (exact) mass is 494 g/mol. The van der Waals surface area contributed by atoms with Crippen LogP contribution in [-0.2, 0) is 0 Å². The summed E-state index contributed by atoms with van der Waals surface area (Å²) in [7, 11) is 0. The van der Waals surface area contributed by atoms with Crippen LogP contribution in [0.3, 0.4) is 0 Å². The Morgan fingerprint density at radius 1 is 0.789 bits per heavy atom. The first-order valence-corrected chi connectivity index (χ1v) is 8.69. The lowest BCUT2D eigenvalue weighted by molar-refractivity contribution is 1.21. The van der Waals surface area contributed by atoms with Gasteiger partial charge in [-0.3, -0.25) is 0 Å². The quantitative estimate of drug-likeness (QED) is 0.361. The van der Waals surface area contributed by atoms with E-state index in [0.29, 0.717) is 0 Å². The molecule has 0 radical (unpaired) electrons. The van der Waals surface area contributed by atoms with Gasteiger partial charge in [0, 0.05) is 17.6 Å². The van der Waals surface area contributed by atoms with Crippen molar-refractivity contribution in [1.82, 2.24) is 0 Å². The molecule has 0 unspecified atom stereocenters. The number of aryl methyl sites for hydroxylation is 3. The van der Waals surface area contributed by atoms with Crippen molar-refractivity contribution in [3.8, 4) is 11.1 Å². The molecule has 0 aliphatic rings. The minimum absolute atomic E-state index is 1.10. The van der Waals surface area contributed by atoms with E-state index in [4.69, 9.17) is 0 Å². The molecule has 0 N–H and O–H groups in total. The fraction of sp³-hybridized carbons (Fsp3) is 0.250. The van der Waals surface area contributed by atoms with Gasteiger partial charge in [0.2, 0.25) is 0 Å². The van der Waals surface area contributed by atoms with Gasteiger partial charge in [0.05, 0.1) is 0 Å². The second kappa shape index (κ2) is 5.93. The first-order valence-electron chi connectivity index (χ1n) is 6.08. The third-order valence-corrected chi connectivity index (χ3v) is 5.76. The molecule has 0 fully saturated rings. The summed E-state index contributed by atoms with van der Waals surface area (Å²) in [5.41, 5.74) is 7.85. The molecule has 0 aliphatic carbocycles. The van der Waals surface area contributed by atoms with Crippen molar-refractivity contribution in [3.05, 3.63) is 47.6 Å². The van der Waals surface area contributed by atoms with Gasteiger partial charge in [-0.25, -0.2) is 0 Å². The number of benzene rings is 2. The van der Waals surface area contributed by atoms with Gasteiger partial charge < -0.3 is 0 Å². The highest BCUT2D eigenvalue weighted by Gasteiger charge is 2.16. The van der Waals surface area contributed by atoms with Crippen molar-refractivity contribution < 1.29 is 0 Å². The molecule has 0 saturated carbocycles. The highest BCUT2D eigenvalue weighted by molar-refractivity contribution is 14.1. The van der Waals surface area contributed by atoms with Crippen molar-refractivity contribution in [2.75, 3.05) is 0 Å². The van der Waals surface area contributed by atoms with Gasteiger partial charge in [0.1, 0.15) is 0 Å². The predicted molar refractivity (Wildman–Crippen MR) is 104 cm³/mol. The first-order chi connectivity index (χ1) is 8.82. The van der Waals surface area contributed by atoms with Gasteiger partial charge in [-0.1, -0.05) is 6.07 Å². The van der Waals surface area contributed by atoms with Gasteiger partial charge in [-0.05, 0) is 113 Å². The number of hydrogen-bond donors (Lipinski definition) is 1. The van der Waals surface area contributed by atoms with E-state index in [2.05, 4.69) is 104 Å². The average molecular weight is 494 g/mol. The van der Waals surface area contributed by atoms with Gasteiger partial charge >= 0.3 is 0 Å². The third-order valence-electron chi connectivity index (χ3n) is 3.37. The molecule has 19 heavy (non-hydrogen) atoms. The summed E-state index contributed by atoms with van der Waals surface area (Å²) in [5, 5.41) is 0. The maximum Gasteiger partial charge on any atom is 0.0215 e. The lowest BCUT2D eigenvalue weighted by Crippen LogP contribution is -1.97. The van der Waals surface area contributed by atoms with Crippen LogP contribution in [0.1, 0.15) is 22.3 Å². The molecule has 0 heterocycles. The van der Waals surface area contributed by atoms with Crippen LogP contribution >= 0.6 is 57.8 Å². The molecule has 0 bridgehead atoms. The Balaban J connectivity index is 2.84. The Hall–Kier alpha value is 0.250. The zero-order valence-corrected chi connectivity index (χ0v) is 16.6. The van der Waals surface area contributed by atoms with Crippen LogP contribution in [0.4, 0.5) is 0 Å². The van der Waals surface area contributed by atoms with Crippen molar-refractivity contribution in [1.29, 1.82) is 0 Å². The summed E-state index contributed by atoms with van der Waals surface area (Å²) < 4.78 is 2.61. The largest absolute Gasteiger partial charge is 0.143 e. The molecular formula is C16H16I2S. The van der Waals surface area contributed by atoms with Crippen LogP contribution in [0.15, 0.2) is 23.1 Å². The standard InChI is InChI=1S/C16H16I2S/c1-8-5-9(2)14(12(17)6-8)15-11(4)16(19)10(3)7-13(15)18/h5-7,19H,1-4H3. The molecule has 0 saturated heterocycles. The van der Waals surface area contributed by atoms with E-state index in [-0.39, 0.29) is 0 Å².